The lowest BCUT2D eigenvalue weighted by Gasteiger charge is -1.93. The summed E-state index contributed by atoms with van der Waals surface area (Å²) in [5.74, 6) is 0. The molecule has 1 aliphatic rings. The van der Waals surface area contributed by atoms with Gasteiger partial charge in [0.25, 0.3) is 0 Å². The molecule has 0 amide bonds. The third kappa shape index (κ3) is 1.52. The predicted octanol–water partition coefficient (Wildman–Crippen LogP) is 4.79. The molecule has 0 saturated carbocycles. The van der Waals surface area contributed by atoms with E-state index in [1.807, 2.05) is 0 Å². The average molecular weight is 323 g/mol. The highest BCUT2D eigenvalue weighted by Gasteiger charge is 2.26. The van der Waals surface area contributed by atoms with Crippen LogP contribution in [0.25, 0.3) is 11.1 Å². The van der Waals surface area contributed by atoms with Crippen molar-refractivity contribution in [3.05, 3.63) is 62.9 Å². The van der Waals surface area contributed by atoms with Crippen molar-refractivity contribution in [3.63, 3.8) is 0 Å². The van der Waals surface area contributed by atoms with Gasteiger partial charge in [-0.3, -0.25) is 0 Å². The van der Waals surface area contributed by atoms with Gasteiger partial charge in [0, 0.05) is 18.6 Å². The third-order valence-corrected chi connectivity index (χ3v) is 3.61. The molecule has 0 aliphatic heterocycles. The Labute approximate surface area is 106 Å². The first-order chi connectivity index (χ1) is 7.24. The van der Waals surface area contributed by atoms with E-state index in [1.165, 1.54) is 22.3 Å². The van der Waals surface area contributed by atoms with Crippen molar-refractivity contribution < 1.29 is 0 Å². The quantitative estimate of drug-likeness (QED) is 0.522. The van der Waals surface area contributed by atoms with Crippen LogP contribution in [0.4, 0.5) is 0 Å². The van der Waals surface area contributed by atoms with E-state index in [2.05, 4.69) is 74.7 Å². The van der Waals surface area contributed by atoms with Crippen LogP contribution in [-0.4, -0.2) is 0 Å². The third-order valence-electron chi connectivity index (χ3n) is 2.63. The lowest BCUT2D eigenvalue weighted by molar-refractivity contribution is 1.51. The highest BCUT2D eigenvalue weighted by Crippen LogP contribution is 2.40. The van der Waals surface area contributed by atoms with E-state index in [4.69, 9.17) is 0 Å². The number of halogens is 2. The predicted molar refractivity (Wildman–Crippen MR) is 69.8 cm³/mol. The summed E-state index contributed by atoms with van der Waals surface area (Å²) in [7, 11) is 0. The second kappa shape index (κ2) is 3.39. The Morgan fingerprint density at radius 2 is 1.20 bits per heavy atom. The van der Waals surface area contributed by atoms with E-state index in [9.17, 15) is 0 Å². The molecule has 1 aliphatic carbocycles. The molecule has 3 rings (SSSR count). The van der Waals surface area contributed by atoms with Gasteiger partial charge in [-0.05, 0) is 56.1 Å². The smallest absolute Gasteiger partial charge is 0.0413 e. The molecule has 0 spiro atoms. The Hall–Kier alpha value is -0.730. The standard InChI is InChI=1S/C13H7Br2/c14-10-1-3-12-8(6-10)5-9-7-11(15)2-4-13(9)12/h1-7H/q+1. The Morgan fingerprint density at radius 3 is 1.67 bits per heavy atom. The number of fused-ring (bicyclic) bond motifs is 3. The monoisotopic (exact) mass is 321 g/mol. The van der Waals surface area contributed by atoms with Crippen molar-refractivity contribution in [3.8, 4) is 11.1 Å². The fraction of sp³-hybridized carbons (Fsp3) is 0. The number of benzene rings is 2. The summed E-state index contributed by atoms with van der Waals surface area (Å²) in [5.41, 5.74) is 5.22. The zero-order valence-corrected chi connectivity index (χ0v) is 11.0. The van der Waals surface area contributed by atoms with Crippen LogP contribution in [-0.2, 0) is 0 Å². The van der Waals surface area contributed by atoms with Crippen LogP contribution in [0.2, 0.25) is 0 Å². The molecule has 0 aromatic heterocycles. The van der Waals surface area contributed by atoms with Crippen molar-refractivity contribution in [1.82, 2.24) is 0 Å². The first-order valence-electron chi connectivity index (χ1n) is 4.68. The highest BCUT2D eigenvalue weighted by atomic mass is 79.9. The van der Waals surface area contributed by atoms with Gasteiger partial charge in [0.05, 0.1) is 31.2 Å². The molecule has 0 unspecified atom stereocenters. The van der Waals surface area contributed by atoms with Gasteiger partial charge in [-0.1, -0.05) is 0 Å². The summed E-state index contributed by atoms with van der Waals surface area (Å²) in [6, 6.07) is 12.8. The summed E-state index contributed by atoms with van der Waals surface area (Å²) in [6.07, 6.45) is 2.22. The van der Waals surface area contributed by atoms with E-state index in [-0.39, 0.29) is 0 Å². The normalized spacial score (nSPS) is 11.9. The van der Waals surface area contributed by atoms with Crippen molar-refractivity contribution in [2.75, 3.05) is 0 Å². The second-order valence-electron chi connectivity index (χ2n) is 3.61. The van der Waals surface area contributed by atoms with Crippen LogP contribution in [0.5, 0.6) is 0 Å². The van der Waals surface area contributed by atoms with Crippen LogP contribution in [0.1, 0.15) is 11.1 Å². The fourth-order valence-electron chi connectivity index (χ4n) is 1.96. The minimum Gasteiger partial charge on any atom is -0.0413 e. The highest BCUT2D eigenvalue weighted by molar-refractivity contribution is 9.10. The Kier molecular flexibility index (Phi) is 2.15. The summed E-state index contributed by atoms with van der Waals surface area (Å²) < 4.78 is 2.26. The zero-order valence-electron chi connectivity index (χ0n) is 7.80. The molecule has 0 nitrogen and oxygen atoms in total. The minimum absolute atomic E-state index is 1.13. The van der Waals surface area contributed by atoms with Gasteiger partial charge < -0.3 is 0 Å². The maximum atomic E-state index is 3.49. The molecule has 0 bridgehead atoms. The molecule has 2 aromatic rings. The molecule has 2 heteroatoms. The number of hydrogen-bond donors (Lipinski definition) is 0. The topological polar surface area (TPSA) is 0 Å². The van der Waals surface area contributed by atoms with Crippen molar-refractivity contribution in [2.24, 2.45) is 0 Å². The molecule has 72 valence electrons. The average Bonchev–Trinajstić information content (AvgIpc) is 2.53. The first kappa shape index (κ1) is 9.49. The second-order valence-corrected chi connectivity index (χ2v) is 5.44. The van der Waals surface area contributed by atoms with Crippen molar-refractivity contribution in [2.45, 2.75) is 0 Å². The SMILES string of the molecule is Brc1ccc2c(c1)[CH+]c1cc(Br)ccc1-2. The van der Waals surface area contributed by atoms with Crippen LogP contribution in [0, 0.1) is 6.42 Å². The van der Waals surface area contributed by atoms with Crippen LogP contribution in [0.3, 0.4) is 0 Å². The van der Waals surface area contributed by atoms with Crippen LogP contribution >= 0.6 is 31.9 Å². The Bertz CT molecular complexity index is 495. The maximum absolute atomic E-state index is 3.49. The largest absolute Gasteiger partial charge is 0.0897 e. The van der Waals surface area contributed by atoms with Crippen LogP contribution in [0.15, 0.2) is 45.3 Å². The number of hydrogen-bond acceptors (Lipinski definition) is 0. The fourth-order valence-corrected chi connectivity index (χ4v) is 2.72. The summed E-state index contributed by atoms with van der Waals surface area (Å²) in [5, 5.41) is 0. The maximum Gasteiger partial charge on any atom is 0.0897 e. The van der Waals surface area contributed by atoms with Gasteiger partial charge in [0.15, 0.2) is 0 Å². The van der Waals surface area contributed by atoms with E-state index in [0.717, 1.165) is 8.95 Å². The van der Waals surface area contributed by atoms with E-state index in [1.54, 1.807) is 0 Å². The van der Waals surface area contributed by atoms with Gasteiger partial charge in [-0.15, -0.1) is 0 Å². The van der Waals surface area contributed by atoms with Crippen molar-refractivity contribution in [1.29, 1.82) is 0 Å². The van der Waals surface area contributed by atoms with Gasteiger partial charge in [-0.2, -0.15) is 0 Å². The Balaban J connectivity index is 2.24. The van der Waals surface area contributed by atoms with Gasteiger partial charge in [0.2, 0.25) is 0 Å². The van der Waals surface area contributed by atoms with E-state index in [0.29, 0.717) is 0 Å². The lowest BCUT2D eigenvalue weighted by Crippen LogP contribution is -1.76. The van der Waals surface area contributed by atoms with Crippen LogP contribution < -0.4 is 0 Å². The molecule has 0 N–H and O–H groups in total. The first-order valence-corrected chi connectivity index (χ1v) is 6.27. The molecule has 0 atom stereocenters. The van der Waals surface area contributed by atoms with E-state index < -0.39 is 0 Å². The van der Waals surface area contributed by atoms with Gasteiger partial charge in [-0.25, -0.2) is 0 Å². The summed E-state index contributed by atoms with van der Waals surface area (Å²) in [4.78, 5) is 0. The summed E-state index contributed by atoms with van der Waals surface area (Å²) in [6.45, 7) is 0. The minimum atomic E-state index is 1.13. The van der Waals surface area contributed by atoms with E-state index >= 15 is 0 Å². The Morgan fingerprint density at radius 1 is 0.733 bits per heavy atom. The molecule has 15 heavy (non-hydrogen) atoms. The van der Waals surface area contributed by atoms with Gasteiger partial charge >= 0.3 is 0 Å². The molecule has 0 heterocycles. The molecular formula is C13H7Br2+. The van der Waals surface area contributed by atoms with Gasteiger partial charge in [0.1, 0.15) is 0 Å². The lowest BCUT2D eigenvalue weighted by atomic mass is 10.1. The molecule has 0 radical (unpaired) electrons. The molecule has 0 saturated heterocycles. The van der Waals surface area contributed by atoms with Crippen molar-refractivity contribution >= 4 is 31.9 Å². The molecule has 2 aromatic carbocycles. The zero-order chi connectivity index (χ0) is 10.4. The molecular weight excluding hydrogens is 316 g/mol. The summed E-state index contributed by atoms with van der Waals surface area (Å²) >= 11 is 6.99. The molecule has 0 fully saturated rings. The number of rotatable bonds is 0.